The Labute approximate surface area is 104 Å². The van der Waals surface area contributed by atoms with Crippen molar-refractivity contribution in [1.29, 1.82) is 0 Å². The second-order valence-corrected chi connectivity index (χ2v) is 4.35. The highest BCUT2D eigenvalue weighted by Gasteiger charge is 2.03. The van der Waals surface area contributed by atoms with Gasteiger partial charge in [-0.25, -0.2) is 4.68 Å². The Morgan fingerprint density at radius 3 is 3.12 bits per heavy atom. The summed E-state index contributed by atoms with van der Waals surface area (Å²) in [5.41, 5.74) is 2.94. The van der Waals surface area contributed by atoms with Crippen molar-refractivity contribution in [3.63, 3.8) is 0 Å². The van der Waals surface area contributed by atoms with Crippen LogP contribution in [0.15, 0.2) is 60.0 Å². The number of nitrogens with zero attached hydrogens (tertiary/aromatic N) is 3. The number of rotatable bonds is 5. The third-order valence-corrected chi connectivity index (χ3v) is 2.86. The quantitative estimate of drug-likeness (QED) is 0.755. The van der Waals surface area contributed by atoms with Crippen LogP contribution in [0.3, 0.4) is 0 Å². The van der Waals surface area contributed by atoms with Gasteiger partial charge in [0.15, 0.2) is 0 Å². The fourth-order valence-corrected chi connectivity index (χ4v) is 2.01. The Bertz CT molecular complexity index is 535. The Balaban J connectivity index is 2.06. The molecule has 17 heavy (non-hydrogen) atoms. The first-order valence-corrected chi connectivity index (χ1v) is 6.14. The lowest BCUT2D eigenvalue weighted by molar-refractivity contribution is 0.801. The maximum atomic E-state index is 4.12. The zero-order valence-corrected chi connectivity index (χ0v) is 10.2. The summed E-state index contributed by atoms with van der Waals surface area (Å²) in [6.45, 7) is 7.57. The highest BCUT2D eigenvalue weighted by molar-refractivity contribution is 7.08. The normalized spacial score (nSPS) is 10.8. The van der Waals surface area contributed by atoms with Crippen molar-refractivity contribution >= 4 is 11.3 Å². The molecule has 0 aromatic carbocycles. The molecular formula is C13H13N3S. The molecule has 0 atom stereocenters. The van der Waals surface area contributed by atoms with E-state index < -0.39 is 0 Å². The van der Waals surface area contributed by atoms with E-state index in [9.17, 15) is 0 Å². The fraction of sp³-hybridized carbons (Fsp3) is 0.0769. The molecule has 0 unspecified atom stereocenters. The summed E-state index contributed by atoms with van der Waals surface area (Å²) in [4.78, 5) is 0. The largest absolute Gasteiger partial charge is 0.220 e. The zero-order valence-electron chi connectivity index (χ0n) is 9.41. The lowest BCUT2D eigenvalue weighted by atomic mass is 10.1. The highest BCUT2D eigenvalue weighted by atomic mass is 32.1. The molecule has 3 nitrogen and oxygen atoms in total. The average Bonchev–Trinajstić information content (AvgIpc) is 2.95. The van der Waals surface area contributed by atoms with Crippen LogP contribution in [-0.2, 0) is 6.42 Å². The van der Waals surface area contributed by atoms with Crippen LogP contribution in [0, 0.1) is 0 Å². The molecule has 0 fully saturated rings. The predicted molar refractivity (Wildman–Crippen MR) is 71.4 cm³/mol. The van der Waals surface area contributed by atoms with Crippen LogP contribution in [0.4, 0.5) is 0 Å². The maximum absolute atomic E-state index is 4.12. The van der Waals surface area contributed by atoms with E-state index in [-0.39, 0.29) is 0 Å². The number of thiophene rings is 1. The number of aromatic nitrogens is 3. The molecular weight excluding hydrogens is 230 g/mol. The molecule has 2 aromatic rings. The second-order valence-electron chi connectivity index (χ2n) is 3.57. The number of hydrogen-bond acceptors (Lipinski definition) is 3. The first kappa shape index (κ1) is 11.5. The van der Waals surface area contributed by atoms with Crippen LogP contribution in [-0.4, -0.2) is 15.0 Å². The summed E-state index contributed by atoms with van der Waals surface area (Å²) >= 11 is 1.64. The minimum absolute atomic E-state index is 0.703. The van der Waals surface area contributed by atoms with Gasteiger partial charge in [-0.3, -0.25) is 0 Å². The summed E-state index contributed by atoms with van der Waals surface area (Å²) < 4.78 is 1.77. The number of hydrogen-bond donors (Lipinski definition) is 0. The Morgan fingerprint density at radius 2 is 2.41 bits per heavy atom. The van der Waals surface area contributed by atoms with Crippen LogP contribution in [0.5, 0.6) is 0 Å². The lowest BCUT2D eigenvalue weighted by Crippen LogP contribution is -1.91. The van der Waals surface area contributed by atoms with E-state index >= 15 is 0 Å². The lowest BCUT2D eigenvalue weighted by Gasteiger charge is -1.94. The van der Waals surface area contributed by atoms with Crippen LogP contribution >= 0.6 is 11.3 Å². The van der Waals surface area contributed by atoms with Crippen LogP contribution in [0.1, 0.15) is 5.69 Å². The third kappa shape index (κ3) is 3.01. The van der Waals surface area contributed by atoms with Gasteiger partial charge < -0.3 is 0 Å². The molecule has 0 saturated carbocycles. The van der Waals surface area contributed by atoms with E-state index in [2.05, 4.69) is 23.5 Å². The number of allylic oxidation sites excluding steroid dienone is 4. The Kier molecular flexibility index (Phi) is 3.67. The first-order chi connectivity index (χ1) is 8.29. The standard InChI is InChI=1S/C13H13N3S/c1-3-4-5-11(2)8-12-9-16(15-14-12)13-6-7-17-10-13/h3-7,9-10H,1-2,8H2/b5-4-. The van der Waals surface area contributed by atoms with Crippen molar-refractivity contribution in [3.8, 4) is 5.69 Å². The predicted octanol–water partition coefficient (Wildman–Crippen LogP) is 3.17. The molecule has 0 amide bonds. The third-order valence-electron chi connectivity index (χ3n) is 2.19. The van der Waals surface area contributed by atoms with Gasteiger partial charge in [0, 0.05) is 11.8 Å². The molecule has 0 saturated heterocycles. The Hall–Kier alpha value is -1.94. The molecule has 0 radical (unpaired) electrons. The molecule has 0 aliphatic heterocycles. The summed E-state index contributed by atoms with van der Waals surface area (Å²) in [5.74, 6) is 0. The van der Waals surface area contributed by atoms with Gasteiger partial charge >= 0.3 is 0 Å². The van der Waals surface area contributed by atoms with Gasteiger partial charge in [0.2, 0.25) is 0 Å². The molecule has 2 heterocycles. The van der Waals surface area contributed by atoms with Gasteiger partial charge in [-0.15, -0.1) is 5.10 Å². The monoisotopic (exact) mass is 243 g/mol. The molecule has 0 aliphatic carbocycles. The first-order valence-electron chi connectivity index (χ1n) is 5.20. The second kappa shape index (κ2) is 5.41. The molecule has 4 heteroatoms. The summed E-state index contributed by atoms with van der Waals surface area (Å²) in [6, 6.07) is 2.01. The van der Waals surface area contributed by atoms with Gasteiger partial charge in [0.05, 0.1) is 17.6 Å². The van der Waals surface area contributed by atoms with Crippen molar-refractivity contribution < 1.29 is 0 Å². The minimum Gasteiger partial charge on any atom is -0.220 e. The van der Waals surface area contributed by atoms with Gasteiger partial charge in [-0.05, 0) is 17.0 Å². The Morgan fingerprint density at radius 1 is 1.53 bits per heavy atom. The maximum Gasteiger partial charge on any atom is 0.0875 e. The van der Waals surface area contributed by atoms with Crippen molar-refractivity contribution in [2.24, 2.45) is 0 Å². The van der Waals surface area contributed by atoms with Gasteiger partial charge in [-0.1, -0.05) is 36.6 Å². The molecule has 2 rings (SSSR count). The van der Waals surface area contributed by atoms with Crippen LogP contribution in [0.25, 0.3) is 5.69 Å². The summed E-state index contributed by atoms with van der Waals surface area (Å²) in [7, 11) is 0. The average molecular weight is 243 g/mol. The molecule has 0 N–H and O–H groups in total. The SMILES string of the molecule is C=C/C=C\C(=C)Cc1cn(-c2ccsc2)nn1. The van der Waals surface area contributed by atoms with E-state index in [1.165, 1.54) is 0 Å². The van der Waals surface area contributed by atoms with Crippen molar-refractivity contribution in [3.05, 3.63) is 65.7 Å². The molecule has 0 bridgehead atoms. The van der Waals surface area contributed by atoms with E-state index in [1.54, 1.807) is 22.1 Å². The van der Waals surface area contributed by atoms with Crippen molar-refractivity contribution in [2.75, 3.05) is 0 Å². The van der Waals surface area contributed by atoms with E-state index in [1.807, 2.05) is 35.2 Å². The zero-order chi connectivity index (χ0) is 12.1. The van der Waals surface area contributed by atoms with Gasteiger partial charge in [0.25, 0.3) is 0 Å². The topological polar surface area (TPSA) is 30.7 Å². The summed E-state index contributed by atoms with van der Waals surface area (Å²) in [5, 5.41) is 12.2. The van der Waals surface area contributed by atoms with E-state index in [4.69, 9.17) is 0 Å². The van der Waals surface area contributed by atoms with Crippen molar-refractivity contribution in [1.82, 2.24) is 15.0 Å². The summed E-state index contributed by atoms with van der Waals surface area (Å²) in [6.07, 6.45) is 8.15. The van der Waals surface area contributed by atoms with Crippen LogP contribution < -0.4 is 0 Å². The van der Waals surface area contributed by atoms with Gasteiger partial charge in [0.1, 0.15) is 0 Å². The van der Waals surface area contributed by atoms with E-state index in [0.717, 1.165) is 17.0 Å². The van der Waals surface area contributed by atoms with Gasteiger partial charge in [-0.2, -0.15) is 11.3 Å². The van der Waals surface area contributed by atoms with E-state index in [0.29, 0.717) is 6.42 Å². The fourth-order valence-electron chi connectivity index (χ4n) is 1.39. The molecule has 0 spiro atoms. The molecule has 86 valence electrons. The van der Waals surface area contributed by atoms with Crippen molar-refractivity contribution in [2.45, 2.75) is 6.42 Å². The highest BCUT2D eigenvalue weighted by Crippen LogP contribution is 2.12. The smallest absolute Gasteiger partial charge is 0.0875 e. The molecule has 2 aromatic heterocycles. The minimum atomic E-state index is 0.703. The van der Waals surface area contributed by atoms with Crippen LogP contribution in [0.2, 0.25) is 0 Å². The molecule has 0 aliphatic rings.